The van der Waals surface area contributed by atoms with Crippen molar-refractivity contribution in [3.63, 3.8) is 0 Å². The van der Waals surface area contributed by atoms with Gasteiger partial charge in [0.2, 0.25) is 5.91 Å². The van der Waals surface area contributed by atoms with Gasteiger partial charge >= 0.3 is 0 Å². The van der Waals surface area contributed by atoms with E-state index in [1.807, 2.05) is 6.08 Å². The van der Waals surface area contributed by atoms with Crippen molar-refractivity contribution >= 4 is 5.91 Å². The highest BCUT2D eigenvalue weighted by atomic mass is 16.7. The molecule has 9 N–H and O–H groups in total. The third kappa shape index (κ3) is 38.0. The van der Waals surface area contributed by atoms with Crippen LogP contribution in [0.4, 0.5) is 0 Å². The third-order valence-corrected chi connectivity index (χ3v) is 15.4. The summed E-state index contributed by atoms with van der Waals surface area (Å²) in [6.07, 6.45) is 59.9. The zero-order chi connectivity index (χ0) is 60.9. The maximum atomic E-state index is 13.3. The number of unbranched alkanes of at least 4 members (excludes halogenated alkanes) is 23. The summed E-state index contributed by atoms with van der Waals surface area (Å²) in [4.78, 5) is 13.3. The van der Waals surface area contributed by atoms with Gasteiger partial charge in [0.15, 0.2) is 12.6 Å². The molecule has 12 atom stereocenters. The smallest absolute Gasteiger partial charge is 0.220 e. The monoisotopic (exact) mass is 1180 g/mol. The molecule has 2 saturated heterocycles. The number of nitrogens with one attached hydrogen (secondary N) is 1. The highest BCUT2D eigenvalue weighted by molar-refractivity contribution is 5.76. The van der Waals surface area contributed by atoms with Crippen molar-refractivity contribution in [2.24, 2.45) is 0 Å². The summed E-state index contributed by atoms with van der Waals surface area (Å²) < 4.78 is 22.8. The molecule has 0 spiro atoms. The van der Waals surface area contributed by atoms with Gasteiger partial charge in [0, 0.05) is 6.42 Å². The Morgan fingerprint density at radius 3 is 1.31 bits per heavy atom. The Hall–Kier alpha value is -3.35. The third-order valence-electron chi connectivity index (χ3n) is 15.4. The number of carbonyl (C=O) groups excluding carboxylic acids is 1. The van der Waals surface area contributed by atoms with Crippen molar-refractivity contribution in [3.8, 4) is 0 Å². The van der Waals surface area contributed by atoms with Crippen LogP contribution in [-0.4, -0.2) is 140 Å². The molecular weight excluding hydrogens is 1060 g/mol. The van der Waals surface area contributed by atoms with Gasteiger partial charge in [-0.1, -0.05) is 239 Å². The predicted octanol–water partition coefficient (Wildman–Crippen LogP) is 12.8. The van der Waals surface area contributed by atoms with Crippen molar-refractivity contribution in [1.82, 2.24) is 5.32 Å². The summed E-state index contributed by atoms with van der Waals surface area (Å²) in [5.41, 5.74) is 0. The highest BCUT2D eigenvalue weighted by Gasteiger charge is 2.51. The number of ether oxygens (including phenoxy) is 4. The van der Waals surface area contributed by atoms with Crippen molar-refractivity contribution < 1.29 is 64.6 Å². The number of aliphatic hydroxyl groups excluding tert-OH is 8. The number of allylic oxidation sites excluding steroid dienone is 17. The quantitative estimate of drug-likeness (QED) is 0.0204. The van der Waals surface area contributed by atoms with E-state index in [-0.39, 0.29) is 18.9 Å². The number of rotatable bonds is 52. The Balaban J connectivity index is 1.76. The highest BCUT2D eigenvalue weighted by Crippen LogP contribution is 2.30. The largest absolute Gasteiger partial charge is 0.394 e. The van der Waals surface area contributed by atoms with E-state index in [4.69, 9.17) is 18.9 Å². The van der Waals surface area contributed by atoms with Crippen LogP contribution in [0.5, 0.6) is 0 Å². The first-order valence-corrected chi connectivity index (χ1v) is 33.1. The van der Waals surface area contributed by atoms with Gasteiger partial charge in [0.05, 0.1) is 32.0 Å². The average Bonchev–Trinajstić information content (AvgIpc) is 3.18. The van der Waals surface area contributed by atoms with Gasteiger partial charge in [-0.3, -0.25) is 4.79 Å². The average molecular weight is 1180 g/mol. The lowest BCUT2D eigenvalue weighted by Gasteiger charge is -2.46. The topological polar surface area (TPSA) is 228 Å². The summed E-state index contributed by atoms with van der Waals surface area (Å²) in [5, 5.41) is 87.3. The fraction of sp³-hybridized carbons (Fsp3) is 0.729. The molecular formula is C70H119NO13. The number of carbonyl (C=O) groups is 1. The standard InChI is InChI=1S/C70H119NO13/c1-3-5-7-9-11-13-15-17-19-21-23-25-27-28-29-30-32-33-35-37-39-41-43-45-47-49-51-53-59(74)58(57-81-69-67(80)65(78)68(61(56-73)83-69)84-70-66(79)64(77)63(76)60(55-72)82-70)71-62(75)54-52-50-48-46-44-42-40-38-36-34-31-26-24-22-20-18-16-14-12-10-8-6-4-2/h6,8,12,14,18,20,24,26,34-37,40,42-43,45,51,53,58-61,63-70,72-74,76-80H,3-5,7,9-11,13,15-17,19,21-23,25,27-33,38-39,41,44,46-50,52,54-57H2,1-2H3,(H,71,75)/b8-6-,14-12-,20-18-,26-24-,36-34-,37-35+,42-40-,45-43+,53-51+. The minimum absolute atomic E-state index is 0.233. The molecule has 12 unspecified atom stereocenters. The van der Waals surface area contributed by atoms with Crippen LogP contribution < -0.4 is 5.32 Å². The van der Waals surface area contributed by atoms with Crippen molar-refractivity contribution in [2.75, 3.05) is 19.8 Å². The van der Waals surface area contributed by atoms with Crippen LogP contribution in [0.1, 0.15) is 232 Å². The van der Waals surface area contributed by atoms with Gasteiger partial charge < -0.3 is 65.1 Å². The minimum atomic E-state index is -1.80. The Kier molecular flexibility index (Phi) is 49.2. The van der Waals surface area contributed by atoms with E-state index in [1.54, 1.807) is 6.08 Å². The SMILES string of the molecule is CC/C=C\C/C=C\C/C=C\C/C=C\C/C=C\C/C=C\CCCCCCC(=O)NC(COC1OC(CO)C(OC2OC(CO)C(O)C(O)C2O)C(O)C1O)C(O)/C=C/CC/C=C/CC/C=C/CCCCCCCCCCCCCCCCCCC. The first kappa shape index (κ1) is 76.7. The summed E-state index contributed by atoms with van der Waals surface area (Å²) in [6, 6.07) is -0.961. The molecule has 2 fully saturated rings. The zero-order valence-electron chi connectivity index (χ0n) is 52.1. The van der Waals surface area contributed by atoms with Crippen LogP contribution in [0.15, 0.2) is 109 Å². The van der Waals surface area contributed by atoms with E-state index < -0.39 is 86.8 Å². The Labute approximate surface area is 508 Å². The van der Waals surface area contributed by atoms with E-state index >= 15 is 0 Å². The van der Waals surface area contributed by atoms with Gasteiger partial charge in [-0.25, -0.2) is 0 Å². The first-order chi connectivity index (χ1) is 41.1. The van der Waals surface area contributed by atoms with Gasteiger partial charge in [-0.05, 0) is 96.3 Å². The fourth-order valence-corrected chi connectivity index (χ4v) is 10.2. The number of aliphatic hydroxyl groups is 8. The molecule has 14 heteroatoms. The molecule has 2 aliphatic heterocycles. The van der Waals surface area contributed by atoms with Crippen molar-refractivity contribution in [3.05, 3.63) is 109 Å². The first-order valence-electron chi connectivity index (χ1n) is 33.1. The summed E-state index contributed by atoms with van der Waals surface area (Å²) in [6.45, 7) is 2.65. The lowest BCUT2D eigenvalue weighted by Crippen LogP contribution is -2.65. The zero-order valence-corrected chi connectivity index (χ0v) is 52.1. The predicted molar refractivity (Wildman–Crippen MR) is 341 cm³/mol. The number of amides is 1. The molecule has 0 radical (unpaired) electrons. The lowest BCUT2D eigenvalue weighted by atomic mass is 9.97. The summed E-state index contributed by atoms with van der Waals surface area (Å²) in [5.74, 6) is -0.281. The molecule has 0 aliphatic carbocycles. The molecule has 14 nitrogen and oxygen atoms in total. The molecule has 482 valence electrons. The maximum Gasteiger partial charge on any atom is 0.220 e. The molecule has 0 bridgehead atoms. The van der Waals surface area contributed by atoms with Crippen LogP contribution in [0, 0.1) is 0 Å². The Morgan fingerprint density at radius 1 is 0.440 bits per heavy atom. The second-order valence-corrected chi connectivity index (χ2v) is 22.8. The van der Waals surface area contributed by atoms with Crippen molar-refractivity contribution in [1.29, 1.82) is 0 Å². The van der Waals surface area contributed by atoms with E-state index in [1.165, 1.54) is 109 Å². The van der Waals surface area contributed by atoms with Gasteiger partial charge in [0.1, 0.15) is 48.8 Å². The van der Waals surface area contributed by atoms with Gasteiger partial charge in [0.25, 0.3) is 0 Å². The van der Waals surface area contributed by atoms with Gasteiger partial charge in [-0.15, -0.1) is 0 Å². The molecule has 2 heterocycles. The van der Waals surface area contributed by atoms with E-state index in [0.717, 1.165) is 89.9 Å². The second-order valence-electron chi connectivity index (χ2n) is 22.8. The van der Waals surface area contributed by atoms with Crippen LogP contribution in [0.3, 0.4) is 0 Å². The summed E-state index contributed by atoms with van der Waals surface area (Å²) in [7, 11) is 0. The number of hydrogen-bond donors (Lipinski definition) is 9. The fourth-order valence-electron chi connectivity index (χ4n) is 10.2. The van der Waals surface area contributed by atoms with E-state index in [9.17, 15) is 45.6 Å². The lowest BCUT2D eigenvalue weighted by molar-refractivity contribution is -0.359. The molecule has 0 aromatic carbocycles. The molecule has 1 amide bonds. The van der Waals surface area contributed by atoms with Crippen LogP contribution >= 0.6 is 0 Å². The van der Waals surface area contributed by atoms with Gasteiger partial charge in [-0.2, -0.15) is 0 Å². The maximum absolute atomic E-state index is 13.3. The van der Waals surface area contributed by atoms with Crippen molar-refractivity contribution in [2.45, 2.75) is 306 Å². The molecule has 2 aliphatic rings. The Bertz CT molecular complexity index is 1820. The molecule has 0 aromatic heterocycles. The number of hydrogen-bond acceptors (Lipinski definition) is 13. The van der Waals surface area contributed by atoms with E-state index in [0.29, 0.717) is 12.8 Å². The van der Waals surface area contributed by atoms with Crippen LogP contribution in [0.2, 0.25) is 0 Å². The molecule has 84 heavy (non-hydrogen) atoms. The normalized spacial score (nSPS) is 24.4. The van der Waals surface area contributed by atoms with Crippen LogP contribution in [-0.2, 0) is 23.7 Å². The molecule has 2 rings (SSSR count). The molecule has 0 aromatic rings. The molecule has 0 saturated carbocycles. The summed E-state index contributed by atoms with van der Waals surface area (Å²) >= 11 is 0. The second kappa shape index (κ2) is 53.9. The van der Waals surface area contributed by atoms with Crippen LogP contribution in [0.25, 0.3) is 0 Å². The Morgan fingerprint density at radius 2 is 0.833 bits per heavy atom. The minimum Gasteiger partial charge on any atom is -0.394 e. The van der Waals surface area contributed by atoms with E-state index in [2.05, 4.69) is 116 Å².